The summed E-state index contributed by atoms with van der Waals surface area (Å²) in [5.74, 6) is 0.00299. The van der Waals surface area contributed by atoms with Gasteiger partial charge in [0.05, 0.1) is 6.61 Å². The lowest BCUT2D eigenvalue weighted by molar-refractivity contribution is 0.221. The number of hydrogen-bond donors (Lipinski definition) is 2. The number of hydrogen-bond acceptors (Lipinski definition) is 4. The van der Waals surface area contributed by atoms with Gasteiger partial charge in [-0.25, -0.2) is 0 Å². The largest absolute Gasteiger partial charge is 0.510 e. The van der Waals surface area contributed by atoms with E-state index in [1.807, 2.05) is 12.3 Å². The first kappa shape index (κ1) is 14.0. The summed E-state index contributed by atoms with van der Waals surface area (Å²) in [6.07, 6.45) is 7.92. The van der Waals surface area contributed by atoms with Crippen LogP contribution in [0.15, 0.2) is 30.2 Å². The third-order valence-electron chi connectivity index (χ3n) is 3.44. The minimum atomic E-state index is -0.312. The monoisotopic (exact) mass is 262 g/mol. The van der Waals surface area contributed by atoms with Gasteiger partial charge in [-0.05, 0) is 49.7 Å². The van der Waals surface area contributed by atoms with Crippen LogP contribution in [0.4, 0.5) is 0 Å². The number of aromatic nitrogens is 1. The van der Waals surface area contributed by atoms with Gasteiger partial charge in [0.25, 0.3) is 0 Å². The number of piperidine rings is 1. The summed E-state index contributed by atoms with van der Waals surface area (Å²) in [5.41, 5.74) is 2.19. The van der Waals surface area contributed by atoms with Crippen LogP contribution in [0.1, 0.15) is 30.5 Å². The Balaban J connectivity index is 1.94. The molecule has 2 rings (SSSR count). The molecular formula is C15H22N2O2. The Bertz CT molecular complexity index is 426. The number of rotatable bonds is 5. The fourth-order valence-electron chi connectivity index (χ4n) is 2.40. The fraction of sp³-hybridized carbons (Fsp3) is 0.533. The van der Waals surface area contributed by atoms with Crippen molar-refractivity contribution < 1.29 is 10.2 Å². The lowest BCUT2D eigenvalue weighted by Gasteiger charge is -2.26. The van der Waals surface area contributed by atoms with Gasteiger partial charge in [-0.3, -0.25) is 9.88 Å². The molecule has 4 nitrogen and oxygen atoms in total. The van der Waals surface area contributed by atoms with Crippen molar-refractivity contribution in [3.63, 3.8) is 0 Å². The average molecular weight is 262 g/mol. The Morgan fingerprint density at radius 2 is 2.11 bits per heavy atom. The maximum atomic E-state index is 9.22. The zero-order chi connectivity index (χ0) is 13.5. The first-order valence-corrected chi connectivity index (χ1v) is 6.93. The molecule has 0 bridgehead atoms. The Morgan fingerprint density at radius 3 is 2.84 bits per heavy atom. The van der Waals surface area contributed by atoms with Crippen molar-refractivity contribution in [3.05, 3.63) is 41.4 Å². The second-order valence-corrected chi connectivity index (χ2v) is 5.05. The normalized spacial score (nSPS) is 17.6. The molecule has 0 saturated carbocycles. The van der Waals surface area contributed by atoms with Gasteiger partial charge in [-0.15, -0.1) is 0 Å². The van der Waals surface area contributed by atoms with Crippen molar-refractivity contribution in [2.24, 2.45) is 0 Å². The summed E-state index contributed by atoms with van der Waals surface area (Å²) in [7, 11) is 0. The minimum absolute atomic E-state index is 0.00299. The fourth-order valence-corrected chi connectivity index (χ4v) is 2.40. The third-order valence-corrected chi connectivity index (χ3v) is 3.44. The van der Waals surface area contributed by atoms with Gasteiger partial charge < -0.3 is 10.2 Å². The molecule has 4 heteroatoms. The molecule has 2 heterocycles. The van der Waals surface area contributed by atoms with Crippen LogP contribution < -0.4 is 0 Å². The smallest absolute Gasteiger partial charge is 0.114 e. The van der Waals surface area contributed by atoms with Crippen LogP contribution in [0.2, 0.25) is 0 Å². The Morgan fingerprint density at radius 1 is 1.32 bits per heavy atom. The Hall–Kier alpha value is -1.39. The first-order valence-electron chi connectivity index (χ1n) is 6.93. The van der Waals surface area contributed by atoms with Gasteiger partial charge >= 0.3 is 0 Å². The summed E-state index contributed by atoms with van der Waals surface area (Å²) in [4.78, 5) is 6.76. The highest BCUT2D eigenvalue weighted by Gasteiger charge is 2.10. The van der Waals surface area contributed by atoms with E-state index < -0.39 is 0 Å². The molecule has 1 fully saturated rings. The lowest BCUT2D eigenvalue weighted by atomic mass is 10.1. The summed E-state index contributed by atoms with van der Waals surface area (Å²) in [5, 5.41) is 18.0. The molecule has 1 aromatic heterocycles. The van der Waals surface area contributed by atoms with Gasteiger partial charge in [-0.1, -0.05) is 6.42 Å². The average Bonchev–Trinajstić information content (AvgIpc) is 2.46. The van der Waals surface area contributed by atoms with Crippen LogP contribution in [0.25, 0.3) is 0 Å². The van der Waals surface area contributed by atoms with Gasteiger partial charge in [0.15, 0.2) is 0 Å². The molecular weight excluding hydrogens is 240 g/mol. The van der Waals surface area contributed by atoms with E-state index in [0.29, 0.717) is 6.42 Å². The van der Waals surface area contributed by atoms with E-state index >= 15 is 0 Å². The van der Waals surface area contributed by atoms with E-state index in [1.54, 1.807) is 6.08 Å². The van der Waals surface area contributed by atoms with E-state index in [4.69, 9.17) is 5.11 Å². The number of allylic oxidation sites excluding steroid dienone is 1. The molecule has 0 aliphatic carbocycles. The zero-order valence-electron chi connectivity index (χ0n) is 11.3. The van der Waals surface area contributed by atoms with Crippen molar-refractivity contribution in [1.82, 2.24) is 9.88 Å². The number of likely N-dealkylation sites (tertiary alicyclic amines) is 1. The van der Waals surface area contributed by atoms with Crippen LogP contribution in [-0.4, -0.2) is 39.8 Å². The van der Waals surface area contributed by atoms with Crippen molar-refractivity contribution in [2.75, 3.05) is 19.7 Å². The van der Waals surface area contributed by atoms with E-state index in [9.17, 15) is 5.11 Å². The van der Waals surface area contributed by atoms with Gasteiger partial charge in [0.1, 0.15) is 5.76 Å². The first-order chi connectivity index (χ1) is 9.28. The predicted molar refractivity (Wildman–Crippen MR) is 74.9 cm³/mol. The Labute approximate surface area is 114 Å². The highest BCUT2D eigenvalue weighted by Crippen LogP contribution is 2.13. The second-order valence-electron chi connectivity index (χ2n) is 5.05. The second kappa shape index (κ2) is 7.26. The Kier molecular flexibility index (Phi) is 5.36. The van der Waals surface area contributed by atoms with Crippen molar-refractivity contribution in [3.8, 4) is 0 Å². The minimum Gasteiger partial charge on any atom is -0.510 e. The summed E-state index contributed by atoms with van der Waals surface area (Å²) in [6.45, 7) is 3.03. The van der Waals surface area contributed by atoms with E-state index in [1.165, 1.54) is 37.9 Å². The van der Waals surface area contributed by atoms with Crippen LogP contribution in [0, 0.1) is 0 Å². The van der Waals surface area contributed by atoms with Crippen molar-refractivity contribution in [2.45, 2.75) is 32.2 Å². The van der Waals surface area contributed by atoms with Crippen LogP contribution in [0.3, 0.4) is 0 Å². The van der Waals surface area contributed by atoms with Gasteiger partial charge in [-0.2, -0.15) is 0 Å². The molecule has 19 heavy (non-hydrogen) atoms. The van der Waals surface area contributed by atoms with Crippen molar-refractivity contribution >= 4 is 0 Å². The molecule has 0 aromatic carbocycles. The molecule has 2 N–H and O–H groups in total. The maximum absolute atomic E-state index is 9.22. The SMILES string of the molecule is OC/C(O)=C/Cc1cc(CN2CCCCC2)ccn1. The summed E-state index contributed by atoms with van der Waals surface area (Å²) < 4.78 is 0. The number of nitrogens with zero attached hydrogens (tertiary/aromatic N) is 2. The molecule has 1 aliphatic rings. The summed E-state index contributed by atoms with van der Waals surface area (Å²) >= 11 is 0. The van der Waals surface area contributed by atoms with Gasteiger partial charge in [0.2, 0.25) is 0 Å². The number of pyridine rings is 1. The predicted octanol–water partition coefficient (Wildman–Crippen LogP) is 2.04. The molecule has 0 radical (unpaired) electrons. The molecule has 0 atom stereocenters. The highest BCUT2D eigenvalue weighted by molar-refractivity contribution is 5.18. The molecule has 1 aliphatic heterocycles. The topological polar surface area (TPSA) is 56.6 Å². The quantitative estimate of drug-likeness (QED) is 0.797. The van der Waals surface area contributed by atoms with E-state index in [-0.39, 0.29) is 12.4 Å². The lowest BCUT2D eigenvalue weighted by Crippen LogP contribution is -2.29. The third kappa shape index (κ3) is 4.65. The molecule has 0 spiro atoms. The maximum Gasteiger partial charge on any atom is 0.114 e. The van der Waals surface area contributed by atoms with Crippen molar-refractivity contribution in [1.29, 1.82) is 0 Å². The van der Waals surface area contributed by atoms with Crippen LogP contribution in [-0.2, 0) is 13.0 Å². The van der Waals surface area contributed by atoms with Gasteiger partial charge in [0, 0.05) is 24.9 Å². The number of aliphatic hydroxyl groups is 2. The molecule has 104 valence electrons. The standard InChI is InChI=1S/C15H22N2O2/c18-12-15(19)5-4-14-10-13(6-7-16-14)11-17-8-2-1-3-9-17/h5-7,10,18-19H,1-4,8-9,11-12H2/b15-5-. The molecule has 0 amide bonds. The summed E-state index contributed by atoms with van der Waals surface area (Å²) in [6, 6.07) is 4.13. The molecule has 0 unspecified atom stereocenters. The van der Waals surface area contributed by atoms with Crippen LogP contribution in [0.5, 0.6) is 0 Å². The molecule has 1 saturated heterocycles. The van der Waals surface area contributed by atoms with E-state index in [2.05, 4.69) is 16.0 Å². The zero-order valence-corrected chi connectivity index (χ0v) is 11.3. The highest BCUT2D eigenvalue weighted by atomic mass is 16.3. The van der Waals surface area contributed by atoms with E-state index in [0.717, 1.165) is 12.2 Å². The molecule has 1 aromatic rings. The number of aliphatic hydroxyl groups excluding tert-OH is 2. The van der Waals surface area contributed by atoms with Crippen LogP contribution >= 0.6 is 0 Å².